The molecule has 5 rings (SSSR count). The van der Waals surface area contributed by atoms with Gasteiger partial charge in [-0.3, -0.25) is 0 Å². The number of benzene rings is 4. The van der Waals surface area contributed by atoms with E-state index in [2.05, 4.69) is 207 Å². The Labute approximate surface area is 573 Å². The third kappa shape index (κ3) is 21.6. The smallest absolute Gasteiger partial charge is 0.136 e. The summed E-state index contributed by atoms with van der Waals surface area (Å²) in [7, 11) is 0. The SMILES string of the molecule is CCN(CC)C(=S)SCCOc1c2cc(C(C)(C)C)cc1Cc1cc(C(C)(C)C)cc(c1OCCSC(=S)N(CC)CC)Cc1cc(C(C)(C)C)cc(c1OCCSC(=S)N(CC)CC)Cc1cc(C(C)(C)C)cc(c1OCCSC(=S)N(CC)CC)C2. The van der Waals surface area contributed by atoms with Crippen LogP contribution in [0.2, 0.25) is 0 Å². The van der Waals surface area contributed by atoms with E-state index in [0.29, 0.717) is 75.1 Å². The zero-order chi connectivity index (χ0) is 65.3. The van der Waals surface area contributed by atoms with Crippen LogP contribution in [0.25, 0.3) is 0 Å². The molecule has 488 valence electrons. The Morgan fingerprint density at radius 2 is 0.455 bits per heavy atom. The molecule has 16 heteroatoms. The summed E-state index contributed by atoms with van der Waals surface area (Å²) in [5, 5.41) is 0. The molecule has 0 radical (unpaired) electrons. The second kappa shape index (κ2) is 34.8. The molecule has 1 aliphatic rings. The maximum absolute atomic E-state index is 7.36. The van der Waals surface area contributed by atoms with E-state index in [-0.39, 0.29) is 21.7 Å². The summed E-state index contributed by atoms with van der Waals surface area (Å²) in [4.78, 5) is 8.99. The normalized spacial score (nSPS) is 12.8. The van der Waals surface area contributed by atoms with E-state index in [0.717, 1.165) is 137 Å². The number of thioether (sulfide) groups is 4. The fourth-order valence-electron chi connectivity index (χ4n) is 10.7. The first-order valence-corrected chi connectivity index (χ1v) is 37.9. The van der Waals surface area contributed by atoms with Gasteiger partial charge in [-0.15, -0.1) is 0 Å². The van der Waals surface area contributed by atoms with Crippen LogP contribution in [-0.4, -0.2) is 139 Å². The summed E-state index contributed by atoms with van der Waals surface area (Å²) in [6.07, 6.45) is 2.31. The van der Waals surface area contributed by atoms with E-state index >= 15 is 0 Å². The molecule has 0 aliphatic heterocycles. The van der Waals surface area contributed by atoms with Gasteiger partial charge < -0.3 is 38.5 Å². The quantitative estimate of drug-likeness (QED) is 0.0435. The largest absolute Gasteiger partial charge is 0.492 e. The first kappa shape index (κ1) is 75.8. The molecule has 0 atom stereocenters. The summed E-state index contributed by atoms with van der Waals surface area (Å²) in [6, 6.07) is 19.3. The van der Waals surface area contributed by atoms with Gasteiger partial charge in [-0.1, -0.05) is 228 Å². The van der Waals surface area contributed by atoms with Crippen LogP contribution in [0.3, 0.4) is 0 Å². The van der Waals surface area contributed by atoms with Crippen LogP contribution in [-0.2, 0) is 47.3 Å². The summed E-state index contributed by atoms with van der Waals surface area (Å²) >= 11 is 30.8. The Kier molecular flexibility index (Phi) is 30.0. The van der Waals surface area contributed by atoms with Crippen molar-refractivity contribution >= 4 is 113 Å². The van der Waals surface area contributed by atoms with Gasteiger partial charge in [0.25, 0.3) is 0 Å². The van der Waals surface area contributed by atoms with Crippen molar-refractivity contribution in [2.24, 2.45) is 0 Å². The van der Waals surface area contributed by atoms with E-state index < -0.39 is 0 Å². The van der Waals surface area contributed by atoms with Gasteiger partial charge in [-0.05, 0) is 144 Å². The summed E-state index contributed by atoms with van der Waals surface area (Å²) in [6.45, 7) is 54.1. The van der Waals surface area contributed by atoms with E-state index in [1.54, 1.807) is 47.0 Å². The van der Waals surface area contributed by atoms with Crippen LogP contribution in [0.15, 0.2) is 48.5 Å². The minimum atomic E-state index is -0.191. The van der Waals surface area contributed by atoms with Crippen LogP contribution in [0.5, 0.6) is 23.0 Å². The molecule has 1 aliphatic carbocycles. The van der Waals surface area contributed by atoms with Crippen LogP contribution in [0.4, 0.5) is 0 Å². The molecular formula is C72H108N4O4S8. The molecule has 0 unspecified atom stereocenters. The molecule has 0 N–H and O–H groups in total. The second-order valence-corrected chi connectivity index (χ2v) is 33.7. The molecule has 0 saturated carbocycles. The van der Waals surface area contributed by atoms with Gasteiger partial charge in [0.1, 0.15) is 40.3 Å². The second-order valence-electron chi connectivity index (χ2n) is 26.7. The molecule has 4 aromatic carbocycles. The lowest BCUT2D eigenvalue weighted by Gasteiger charge is -2.29. The number of rotatable bonds is 24. The highest BCUT2D eigenvalue weighted by Gasteiger charge is 2.30. The Bertz CT molecular complexity index is 2480. The zero-order valence-electron chi connectivity index (χ0n) is 57.4. The van der Waals surface area contributed by atoms with Gasteiger partial charge in [-0.25, -0.2) is 0 Å². The standard InChI is InChI=1S/C72H108N4O4S8/c1-21-73(22-2)65(81)85-33-29-77-61-49-37-51-43-58(70(12,13)14)45-53(62(51)78-30-34-86-66(82)74(23-3)24-4)39-55-47-60(72(18,19)20)48-56(64(55)80-32-36-88-68(84)76(27-7)28-8)40-54-46-59(71(15,16)17)44-52(38-50(61)42-57(41-49)69(9,10)11)63(54)79-31-35-87-67(83)75(25-5)26-6/h41-48H,21-40H2,1-20H3. The van der Waals surface area contributed by atoms with E-state index in [9.17, 15) is 0 Å². The lowest BCUT2D eigenvalue weighted by molar-refractivity contribution is 0.329. The predicted octanol–water partition coefficient (Wildman–Crippen LogP) is 18.5. The van der Waals surface area contributed by atoms with Gasteiger partial charge in [0.2, 0.25) is 0 Å². The fourth-order valence-corrected chi connectivity index (χ4v) is 15.9. The predicted molar refractivity (Wildman–Crippen MR) is 406 cm³/mol. The molecule has 88 heavy (non-hydrogen) atoms. The fraction of sp³-hybridized carbons (Fsp3) is 0.611. The van der Waals surface area contributed by atoms with Crippen LogP contribution >= 0.6 is 95.9 Å². The number of thiocarbonyl (C=S) groups is 4. The minimum Gasteiger partial charge on any atom is -0.492 e. The van der Waals surface area contributed by atoms with Gasteiger partial charge in [-0.2, -0.15) is 0 Å². The summed E-state index contributed by atoms with van der Waals surface area (Å²) in [5.74, 6) is 6.49. The summed E-state index contributed by atoms with van der Waals surface area (Å²) < 4.78 is 33.1. The van der Waals surface area contributed by atoms with Crippen molar-refractivity contribution in [2.45, 2.75) is 186 Å². The number of fused-ring (bicyclic) bond motifs is 8. The first-order chi connectivity index (χ1) is 41.5. The summed E-state index contributed by atoms with van der Waals surface area (Å²) in [5.41, 5.74) is 13.2. The molecular weight excluding hydrogens is 1240 g/mol. The van der Waals surface area contributed by atoms with Crippen LogP contribution < -0.4 is 18.9 Å². The number of ether oxygens (including phenoxy) is 4. The van der Waals surface area contributed by atoms with E-state index in [1.165, 1.54) is 22.3 Å². The molecule has 0 amide bonds. The Morgan fingerprint density at radius 3 is 0.580 bits per heavy atom. The average Bonchev–Trinajstić information content (AvgIpc) is 1.14. The number of nitrogens with zero attached hydrogens (tertiary/aromatic N) is 4. The van der Waals surface area contributed by atoms with Gasteiger partial charge in [0.15, 0.2) is 0 Å². The van der Waals surface area contributed by atoms with E-state index in [1.807, 2.05) is 0 Å². The highest BCUT2D eigenvalue weighted by Crippen LogP contribution is 2.45. The van der Waals surface area contributed by atoms with Crippen molar-refractivity contribution in [3.8, 4) is 23.0 Å². The van der Waals surface area contributed by atoms with Crippen molar-refractivity contribution < 1.29 is 18.9 Å². The highest BCUT2D eigenvalue weighted by atomic mass is 32.2. The highest BCUT2D eigenvalue weighted by molar-refractivity contribution is 8.24. The van der Waals surface area contributed by atoms with Gasteiger partial charge in [0, 0.05) is 101 Å². The van der Waals surface area contributed by atoms with Crippen molar-refractivity contribution in [3.05, 3.63) is 115 Å². The Balaban J connectivity index is 1.95. The molecule has 4 aromatic rings. The lowest BCUT2D eigenvalue weighted by Crippen LogP contribution is -2.27. The van der Waals surface area contributed by atoms with Crippen LogP contribution in [0.1, 0.15) is 205 Å². The topological polar surface area (TPSA) is 49.9 Å². The molecule has 0 fully saturated rings. The van der Waals surface area contributed by atoms with Crippen molar-refractivity contribution in [1.29, 1.82) is 0 Å². The molecule has 8 bridgehead atoms. The first-order valence-electron chi connectivity index (χ1n) is 32.3. The van der Waals surface area contributed by atoms with Crippen molar-refractivity contribution in [2.75, 3.05) is 102 Å². The minimum absolute atomic E-state index is 0.191. The van der Waals surface area contributed by atoms with Crippen LogP contribution in [0, 0.1) is 0 Å². The molecule has 0 heterocycles. The Morgan fingerprint density at radius 1 is 0.307 bits per heavy atom. The van der Waals surface area contributed by atoms with Crippen molar-refractivity contribution in [3.63, 3.8) is 0 Å². The van der Waals surface area contributed by atoms with Crippen molar-refractivity contribution in [1.82, 2.24) is 19.6 Å². The average molecular weight is 1350 g/mol. The molecule has 8 nitrogen and oxygen atoms in total. The third-order valence-electron chi connectivity index (χ3n) is 16.3. The third-order valence-corrected chi connectivity index (χ3v) is 22.2. The van der Waals surface area contributed by atoms with Gasteiger partial charge >= 0.3 is 0 Å². The molecule has 0 spiro atoms. The molecule has 0 aromatic heterocycles. The van der Waals surface area contributed by atoms with Gasteiger partial charge in [0.05, 0.1) is 26.4 Å². The van der Waals surface area contributed by atoms with E-state index in [4.69, 9.17) is 67.8 Å². The number of hydrogen-bond acceptors (Lipinski definition) is 12. The Hall–Kier alpha value is -2.96. The maximum atomic E-state index is 7.36. The zero-order valence-corrected chi connectivity index (χ0v) is 64.0. The molecule has 0 saturated heterocycles. The maximum Gasteiger partial charge on any atom is 0.136 e. The monoisotopic (exact) mass is 1350 g/mol. The lowest BCUT2D eigenvalue weighted by atomic mass is 9.79. The number of hydrogen-bond donors (Lipinski definition) is 0.